The summed E-state index contributed by atoms with van der Waals surface area (Å²) in [6.07, 6.45) is 0. The van der Waals surface area contributed by atoms with Crippen LogP contribution >= 0.6 is 23.2 Å². The second-order valence-electron chi connectivity index (χ2n) is 6.25. The van der Waals surface area contributed by atoms with Crippen LogP contribution in [-0.4, -0.2) is 12.2 Å². The van der Waals surface area contributed by atoms with E-state index in [0.29, 0.717) is 38.3 Å². The van der Waals surface area contributed by atoms with Gasteiger partial charge in [-0.25, -0.2) is 0 Å². The summed E-state index contributed by atoms with van der Waals surface area (Å²) in [5.74, 6) is 1.05. The normalized spacial score (nSPS) is 11.7. The molecular weight excluding hydrogens is 383 g/mol. The molecule has 5 heteroatoms. The van der Waals surface area contributed by atoms with Gasteiger partial charge in [-0.3, -0.25) is 0 Å². The summed E-state index contributed by atoms with van der Waals surface area (Å²) in [4.78, 5) is 0. The summed E-state index contributed by atoms with van der Waals surface area (Å²) in [5.41, 5.74) is 0.237. The fraction of sp³-hybridized carbons (Fsp3) is 0.0909. The second-order valence-corrected chi connectivity index (χ2v) is 7.12. The summed E-state index contributed by atoms with van der Waals surface area (Å²) >= 11 is 12.4. The Morgan fingerprint density at radius 1 is 0.852 bits per heavy atom. The molecule has 0 saturated heterocycles. The zero-order chi connectivity index (χ0) is 19.0. The van der Waals surface area contributed by atoms with Gasteiger partial charge in [-0.15, -0.1) is 0 Å². The molecule has 3 nitrogen and oxygen atoms in total. The van der Waals surface area contributed by atoms with Gasteiger partial charge in [0.05, 0.1) is 7.11 Å². The van der Waals surface area contributed by atoms with Crippen molar-refractivity contribution in [2.45, 2.75) is 5.60 Å². The molecule has 0 amide bonds. The third-order valence-corrected chi connectivity index (χ3v) is 5.04. The fourth-order valence-corrected chi connectivity index (χ4v) is 3.58. The Bertz CT molecular complexity index is 1070. The first-order valence-electron chi connectivity index (χ1n) is 8.33. The molecule has 0 saturated carbocycles. The van der Waals surface area contributed by atoms with Gasteiger partial charge in [0.25, 0.3) is 0 Å². The molecule has 0 radical (unpaired) electrons. The molecule has 1 heterocycles. The van der Waals surface area contributed by atoms with E-state index in [4.69, 9.17) is 32.4 Å². The maximum atomic E-state index is 11.9. The van der Waals surface area contributed by atoms with Gasteiger partial charge in [0.15, 0.2) is 5.60 Å². The van der Waals surface area contributed by atoms with Gasteiger partial charge in [-0.1, -0.05) is 47.5 Å². The number of hydrogen-bond acceptors (Lipinski definition) is 3. The van der Waals surface area contributed by atoms with Gasteiger partial charge in [0, 0.05) is 21.5 Å². The molecule has 0 unspecified atom stereocenters. The quantitative estimate of drug-likeness (QED) is 0.456. The molecule has 0 atom stereocenters. The number of methoxy groups -OCH3 is 1. The van der Waals surface area contributed by atoms with E-state index in [2.05, 4.69) is 0 Å². The largest absolute Gasteiger partial charge is 0.497 e. The Morgan fingerprint density at radius 3 is 2.04 bits per heavy atom. The van der Waals surface area contributed by atoms with Crippen LogP contribution < -0.4 is 4.74 Å². The minimum Gasteiger partial charge on any atom is -0.497 e. The smallest absolute Gasteiger partial charge is 0.173 e. The molecule has 4 aromatic rings. The summed E-state index contributed by atoms with van der Waals surface area (Å²) in [5, 5.41) is 13.8. The minimum atomic E-state index is -1.55. The van der Waals surface area contributed by atoms with Crippen LogP contribution in [0.15, 0.2) is 77.2 Å². The molecule has 0 spiro atoms. The van der Waals surface area contributed by atoms with E-state index >= 15 is 0 Å². The molecule has 27 heavy (non-hydrogen) atoms. The average Bonchev–Trinajstić information content (AvgIpc) is 3.11. The van der Waals surface area contributed by atoms with E-state index in [1.54, 1.807) is 61.7 Å². The number of rotatable bonds is 4. The Kier molecular flexibility index (Phi) is 4.60. The molecular formula is C22H16Cl2O3. The second kappa shape index (κ2) is 6.93. The van der Waals surface area contributed by atoms with E-state index in [0.717, 1.165) is 5.39 Å². The number of ether oxygens (including phenoxy) is 1. The van der Waals surface area contributed by atoms with Gasteiger partial charge < -0.3 is 14.3 Å². The van der Waals surface area contributed by atoms with E-state index in [1.807, 2.05) is 18.2 Å². The van der Waals surface area contributed by atoms with Crippen LogP contribution in [0.2, 0.25) is 10.0 Å². The highest BCUT2D eigenvalue weighted by Gasteiger charge is 2.37. The summed E-state index contributed by atoms with van der Waals surface area (Å²) in [6, 6.07) is 21.5. The lowest BCUT2D eigenvalue weighted by Gasteiger charge is -2.27. The predicted octanol–water partition coefficient (Wildman–Crippen LogP) is 6.03. The highest BCUT2D eigenvalue weighted by molar-refractivity contribution is 6.31. The number of aliphatic hydroxyl groups is 1. The maximum Gasteiger partial charge on any atom is 0.173 e. The minimum absolute atomic E-state index is 0.371. The van der Waals surface area contributed by atoms with Crippen LogP contribution in [0, 0.1) is 0 Å². The average molecular weight is 399 g/mol. The van der Waals surface area contributed by atoms with Crippen molar-refractivity contribution < 1.29 is 14.3 Å². The number of fused-ring (bicyclic) bond motifs is 1. The van der Waals surface area contributed by atoms with Crippen molar-refractivity contribution in [1.29, 1.82) is 0 Å². The molecule has 0 fully saturated rings. The predicted molar refractivity (Wildman–Crippen MR) is 108 cm³/mol. The summed E-state index contributed by atoms with van der Waals surface area (Å²) < 4.78 is 11.3. The number of halogens is 2. The van der Waals surface area contributed by atoms with Crippen molar-refractivity contribution in [3.8, 4) is 5.75 Å². The lowest BCUT2D eigenvalue weighted by molar-refractivity contribution is 0.101. The maximum absolute atomic E-state index is 11.9. The van der Waals surface area contributed by atoms with E-state index in [1.165, 1.54) is 0 Å². The highest BCUT2D eigenvalue weighted by atomic mass is 35.5. The van der Waals surface area contributed by atoms with Crippen LogP contribution in [0.3, 0.4) is 0 Å². The zero-order valence-corrected chi connectivity index (χ0v) is 16.0. The van der Waals surface area contributed by atoms with Gasteiger partial charge in [0.2, 0.25) is 0 Å². The van der Waals surface area contributed by atoms with Gasteiger partial charge in [-0.2, -0.15) is 0 Å². The zero-order valence-electron chi connectivity index (χ0n) is 14.4. The third kappa shape index (κ3) is 3.19. The van der Waals surface area contributed by atoms with Gasteiger partial charge in [0.1, 0.15) is 17.1 Å². The molecule has 136 valence electrons. The molecule has 1 aromatic heterocycles. The molecule has 1 N–H and O–H groups in total. The molecule has 0 bridgehead atoms. The van der Waals surface area contributed by atoms with E-state index in [9.17, 15) is 5.11 Å². The first-order valence-corrected chi connectivity index (χ1v) is 9.09. The topological polar surface area (TPSA) is 42.6 Å². The lowest BCUT2D eigenvalue weighted by Crippen LogP contribution is -2.28. The van der Waals surface area contributed by atoms with Gasteiger partial charge >= 0.3 is 0 Å². The van der Waals surface area contributed by atoms with Crippen LogP contribution in [0.25, 0.3) is 11.0 Å². The Balaban J connectivity index is 1.98. The molecule has 0 aliphatic carbocycles. The molecule has 4 rings (SSSR count). The fourth-order valence-electron chi connectivity index (χ4n) is 3.19. The van der Waals surface area contributed by atoms with Gasteiger partial charge in [-0.05, 0) is 53.6 Å². The number of furan rings is 1. The van der Waals surface area contributed by atoms with Crippen LogP contribution in [0.1, 0.15) is 16.9 Å². The molecule has 0 aliphatic rings. The molecule has 0 aliphatic heterocycles. The van der Waals surface area contributed by atoms with E-state index in [-0.39, 0.29) is 0 Å². The summed E-state index contributed by atoms with van der Waals surface area (Å²) in [7, 11) is 1.60. The lowest BCUT2D eigenvalue weighted by atomic mass is 9.84. The van der Waals surface area contributed by atoms with Crippen molar-refractivity contribution in [2.24, 2.45) is 0 Å². The highest BCUT2D eigenvalue weighted by Crippen LogP contribution is 2.41. The van der Waals surface area contributed by atoms with Crippen molar-refractivity contribution in [2.75, 3.05) is 7.11 Å². The van der Waals surface area contributed by atoms with E-state index < -0.39 is 5.60 Å². The van der Waals surface area contributed by atoms with Crippen molar-refractivity contribution in [1.82, 2.24) is 0 Å². The Morgan fingerprint density at radius 2 is 1.48 bits per heavy atom. The Hall–Kier alpha value is -2.46. The molecule has 3 aromatic carbocycles. The summed E-state index contributed by atoms with van der Waals surface area (Å²) in [6.45, 7) is 0. The Labute approximate surface area is 166 Å². The SMILES string of the molecule is COc1ccc2cc(C(O)(c3cccc(Cl)c3)c3cccc(Cl)c3)oc2c1. The van der Waals surface area contributed by atoms with Crippen LogP contribution in [0.5, 0.6) is 5.75 Å². The standard InChI is InChI=1S/C22H16Cl2O3/c1-26-19-9-8-14-10-21(27-20(14)13-19)22(25,15-4-2-6-17(23)11-15)16-5-3-7-18(24)12-16/h2-13,25H,1H3. The van der Waals surface area contributed by atoms with Crippen LogP contribution in [0.4, 0.5) is 0 Å². The first kappa shape index (κ1) is 17.9. The third-order valence-electron chi connectivity index (χ3n) is 4.57. The number of hydrogen-bond donors (Lipinski definition) is 1. The monoisotopic (exact) mass is 398 g/mol. The van der Waals surface area contributed by atoms with Crippen molar-refractivity contribution in [3.63, 3.8) is 0 Å². The van der Waals surface area contributed by atoms with Crippen LogP contribution in [-0.2, 0) is 5.60 Å². The van der Waals surface area contributed by atoms with Crippen molar-refractivity contribution in [3.05, 3.63) is 99.7 Å². The number of benzene rings is 3. The first-order chi connectivity index (χ1) is 13.0. The van der Waals surface area contributed by atoms with Crippen molar-refractivity contribution >= 4 is 34.2 Å².